The van der Waals surface area contributed by atoms with Crippen molar-refractivity contribution in [3.8, 4) is 0 Å². The lowest BCUT2D eigenvalue weighted by molar-refractivity contribution is -0.245. The Hall–Kier alpha value is -1.94. The maximum absolute atomic E-state index is 10.8. The highest BCUT2D eigenvalue weighted by molar-refractivity contribution is 6.07. The summed E-state index contributed by atoms with van der Waals surface area (Å²) < 4.78 is 5.67. The first-order valence-electron chi connectivity index (χ1n) is 7.63. The smallest absolute Gasteiger partial charge is 0.205 e. The lowest BCUT2D eigenvalue weighted by Gasteiger charge is -2.37. The molecule has 1 saturated heterocycles. The number of rotatable bonds is 1. The van der Waals surface area contributed by atoms with Gasteiger partial charge in [-0.25, -0.2) is 0 Å². The fourth-order valence-corrected chi connectivity index (χ4v) is 3.29. The van der Waals surface area contributed by atoms with E-state index in [2.05, 4.69) is 47.4 Å². The summed E-state index contributed by atoms with van der Waals surface area (Å²) in [5.41, 5.74) is 0.821. The van der Waals surface area contributed by atoms with Crippen LogP contribution in [0.1, 0.15) is 5.56 Å². The Morgan fingerprint density at radius 1 is 1.00 bits per heavy atom. The predicted molar refractivity (Wildman–Crippen MR) is 88.8 cm³/mol. The Kier molecular flexibility index (Phi) is 3.15. The lowest BCUT2D eigenvalue weighted by atomic mass is 9.96. The summed E-state index contributed by atoms with van der Waals surface area (Å²) in [6.45, 7) is 1.88. The van der Waals surface area contributed by atoms with E-state index in [1.54, 1.807) is 0 Å². The van der Waals surface area contributed by atoms with E-state index in [-0.39, 0.29) is 0 Å². The molecule has 1 aliphatic heterocycles. The van der Waals surface area contributed by atoms with Crippen LogP contribution < -0.4 is 0 Å². The zero-order valence-electron chi connectivity index (χ0n) is 12.6. The van der Waals surface area contributed by atoms with Crippen LogP contribution in [0, 0.1) is 0 Å². The van der Waals surface area contributed by atoms with E-state index in [9.17, 15) is 5.11 Å². The summed E-state index contributed by atoms with van der Waals surface area (Å²) in [4.78, 5) is 2.09. The molecule has 1 aliphatic rings. The molecule has 4 rings (SSSR count). The molecule has 1 fully saturated rings. The Bertz CT molecular complexity index is 845. The van der Waals surface area contributed by atoms with Crippen molar-refractivity contribution in [3.63, 3.8) is 0 Å². The van der Waals surface area contributed by atoms with Gasteiger partial charge in [0.2, 0.25) is 5.79 Å². The predicted octanol–water partition coefficient (Wildman–Crippen LogP) is 3.10. The van der Waals surface area contributed by atoms with Crippen LogP contribution in [-0.4, -0.2) is 36.8 Å². The molecule has 0 amide bonds. The largest absolute Gasteiger partial charge is 0.361 e. The lowest BCUT2D eigenvalue weighted by Crippen LogP contribution is -2.48. The topological polar surface area (TPSA) is 32.7 Å². The number of fused-ring (bicyclic) bond motifs is 3. The third kappa shape index (κ3) is 2.18. The molecule has 3 aromatic carbocycles. The first-order valence-corrected chi connectivity index (χ1v) is 7.63. The van der Waals surface area contributed by atoms with E-state index in [1.807, 2.05) is 19.2 Å². The minimum atomic E-state index is -1.22. The van der Waals surface area contributed by atoms with Crippen LogP contribution in [0.4, 0.5) is 0 Å². The van der Waals surface area contributed by atoms with Crippen molar-refractivity contribution in [1.82, 2.24) is 4.90 Å². The molecule has 1 atom stereocenters. The number of benzene rings is 3. The summed E-state index contributed by atoms with van der Waals surface area (Å²) in [6.07, 6.45) is 0. The second kappa shape index (κ2) is 5.06. The number of hydrogen-bond acceptors (Lipinski definition) is 3. The summed E-state index contributed by atoms with van der Waals surface area (Å²) in [7, 11) is 2.00. The molecule has 0 saturated carbocycles. The van der Waals surface area contributed by atoms with Crippen LogP contribution in [0.2, 0.25) is 0 Å². The molecule has 3 nitrogen and oxygen atoms in total. The molecule has 0 spiro atoms. The molecule has 0 aliphatic carbocycles. The van der Waals surface area contributed by atoms with Crippen molar-refractivity contribution >= 4 is 21.5 Å². The van der Waals surface area contributed by atoms with Gasteiger partial charge in [-0.2, -0.15) is 0 Å². The summed E-state index contributed by atoms with van der Waals surface area (Å²) in [6, 6.07) is 18.7. The molecule has 0 bridgehead atoms. The SMILES string of the molecule is CN1CCOC(O)(c2ccc3c(ccc4ccccc43)c2)C1. The number of hydrogen-bond donors (Lipinski definition) is 1. The quantitative estimate of drug-likeness (QED) is 0.700. The van der Waals surface area contributed by atoms with Gasteiger partial charge in [-0.3, -0.25) is 4.90 Å². The van der Waals surface area contributed by atoms with E-state index < -0.39 is 5.79 Å². The fourth-order valence-electron chi connectivity index (χ4n) is 3.29. The number of nitrogens with zero attached hydrogens (tertiary/aromatic N) is 1. The fraction of sp³-hybridized carbons (Fsp3) is 0.263. The second-order valence-electron chi connectivity index (χ2n) is 6.09. The van der Waals surface area contributed by atoms with E-state index in [1.165, 1.54) is 16.2 Å². The maximum atomic E-state index is 10.8. The van der Waals surface area contributed by atoms with E-state index >= 15 is 0 Å². The standard InChI is InChI=1S/C19H19NO2/c1-20-10-11-22-19(21,13-20)16-8-9-18-15(12-16)7-6-14-4-2-3-5-17(14)18/h2-9,12,21H,10-11,13H2,1H3. The molecular formula is C19H19NO2. The number of β-amino-alcohol motifs (C(OH)–C–C–N with tert-alkyl or cyclic N) is 1. The van der Waals surface area contributed by atoms with Gasteiger partial charge >= 0.3 is 0 Å². The van der Waals surface area contributed by atoms with Gasteiger partial charge in [-0.1, -0.05) is 48.5 Å². The minimum Gasteiger partial charge on any atom is -0.361 e. The maximum Gasteiger partial charge on any atom is 0.205 e. The normalized spacial score (nSPS) is 23.2. The Morgan fingerprint density at radius 2 is 1.77 bits per heavy atom. The van der Waals surface area contributed by atoms with Crippen molar-refractivity contribution in [2.75, 3.05) is 26.7 Å². The van der Waals surface area contributed by atoms with E-state index in [4.69, 9.17) is 4.74 Å². The highest BCUT2D eigenvalue weighted by Crippen LogP contribution is 2.32. The van der Waals surface area contributed by atoms with Crippen LogP contribution in [0.15, 0.2) is 54.6 Å². The summed E-state index contributed by atoms with van der Waals surface area (Å²) in [5, 5.41) is 15.6. The zero-order valence-corrected chi connectivity index (χ0v) is 12.6. The Labute approximate surface area is 129 Å². The Balaban J connectivity index is 1.86. The van der Waals surface area contributed by atoms with Gasteiger partial charge in [-0.05, 0) is 34.7 Å². The van der Waals surface area contributed by atoms with Gasteiger partial charge in [0.1, 0.15) is 0 Å². The second-order valence-corrected chi connectivity index (χ2v) is 6.09. The van der Waals surface area contributed by atoms with Crippen LogP contribution in [-0.2, 0) is 10.5 Å². The number of likely N-dealkylation sites (N-methyl/N-ethyl adjacent to an activating group) is 1. The molecule has 0 aromatic heterocycles. The van der Waals surface area contributed by atoms with Crippen LogP contribution in [0.25, 0.3) is 21.5 Å². The van der Waals surface area contributed by atoms with Gasteiger partial charge in [0.15, 0.2) is 0 Å². The zero-order chi connectivity index (χ0) is 15.2. The third-order valence-corrected chi connectivity index (χ3v) is 4.49. The molecular weight excluding hydrogens is 274 g/mol. The minimum absolute atomic E-state index is 0.492. The Morgan fingerprint density at radius 3 is 2.64 bits per heavy atom. The third-order valence-electron chi connectivity index (χ3n) is 4.49. The van der Waals surface area contributed by atoms with Gasteiger partial charge in [0.05, 0.1) is 13.2 Å². The number of aliphatic hydroxyl groups is 1. The molecule has 112 valence electrons. The average Bonchev–Trinajstić information content (AvgIpc) is 2.54. The number of morpholine rings is 1. The first-order chi connectivity index (χ1) is 10.7. The van der Waals surface area contributed by atoms with Gasteiger partial charge in [0.25, 0.3) is 0 Å². The van der Waals surface area contributed by atoms with Crippen LogP contribution >= 0.6 is 0 Å². The van der Waals surface area contributed by atoms with Crippen molar-refractivity contribution in [2.45, 2.75) is 5.79 Å². The van der Waals surface area contributed by atoms with Crippen molar-refractivity contribution in [1.29, 1.82) is 0 Å². The summed E-state index contributed by atoms with van der Waals surface area (Å²) >= 11 is 0. The highest BCUT2D eigenvalue weighted by Gasteiger charge is 2.35. The molecule has 22 heavy (non-hydrogen) atoms. The van der Waals surface area contributed by atoms with Crippen molar-refractivity contribution in [2.24, 2.45) is 0 Å². The van der Waals surface area contributed by atoms with Gasteiger partial charge < -0.3 is 9.84 Å². The number of ether oxygens (including phenoxy) is 1. The first kappa shape index (κ1) is 13.7. The molecule has 3 heteroatoms. The van der Waals surface area contributed by atoms with Gasteiger partial charge in [0, 0.05) is 12.1 Å². The van der Waals surface area contributed by atoms with Gasteiger partial charge in [-0.15, -0.1) is 0 Å². The highest BCUT2D eigenvalue weighted by atomic mass is 16.6. The average molecular weight is 293 g/mol. The van der Waals surface area contributed by atoms with Crippen molar-refractivity contribution < 1.29 is 9.84 Å². The molecule has 1 N–H and O–H groups in total. The molecule has 3 aromatic rings. The molecule has 0 radical (unpaired) electrons. The van der Waals surface area contributed by atoms with Crippen LogP contribution in [0.5, 0.6) is 0 Å². The van der Waals surface area contributed by atoms with E-state index in [0.29, 0.717) is 13.2 Å². The van der Waals surface area contributed by atoms with E-state index in [0.717, 1.165) is 17.5 Å². The van der Waals surface area contributed by atoms with Crippen LogP contribution in [0.3, 0.4) is 0 Å². The molecule has 1 unspecified atom stereocenters. The van der Waals surface area contributed by atoms with Crippen molar-refractivity contribution in [3.05, 3.63) is 60.2 Å². The summed E-state index contributed by atoms with van der Waals surface area (Å²) in [5.74, 6) is -1.22. The molecule has 1 heterocycles. The monoisotopic (exact) mass is 293 g/mol.